The molecule has 0 heterocycles. The standard InChI is InChI=1S/C22H32O2/c1-14-7-6-11-21(3,4)18(14)13-16-8-9-17-15(2)19(23)10-12-22(17,5)20(16)24/h6-7,13,15,17,19,23H,8-12H2,1-5H3/t15-,17?,19?,22-/m0/s1. The van der Waals surface area contributed by atoms with Gasteiger partial charge in [0, 0.05) is 5.41 Å². The van der Waals surface area contributed by atoms with Gasteiger partial charge in [-0.1, -0.05) is 45.9 Å². The lowest BCUT2D eigenvalue weighted by molar-refractivity contribution is -0.138. The second kappa shape index (κ2) is 5.98. The molecule has 3 rings (SSSR count). The van der Waals surface area contributed by atoms with E-state index in [0.29, 0.717) is 11.7 Å². The number of hydrogen-bond acceptors (Lipinski definition) is 2. The van der Waals surface area contributed by atoms with Crippen molar-refractivity contribution in [2.45, 2.75) is 72.8 Å². The second-order valence-corrected chi connectivity index (χ2v) is 9.11. The lowest BCUT2D eigenvalue weighted by Gasteiger charge is -2.49. The van der Waals surface area contributed by atoms with E-state index in [1.807, 2.05) is 0 Å². The third kappa shape index (κ3) is 2.73. The number of rotatable bonds is 1. The fourth-order valence-corrected chi connectivity index (χ4v) is 5.28. The summed E-state index contributed by atoms with van der Waals surface area (Å²) in [5.74, 6) is 0.882. The van der Waals surface area contributed by atoms with Crippen LogP contribution in [0.1, 0.15) is 66.7 Å². The SMILES string of the molecule is CC1=C(C=C2CCC3[C@H](C)C(O)CC[C@]3(C)C2=O)C(C)(C)CC=C1. The zero-order valence-corrected chi connectivity index (χ0v) is 15.9. The number of hydrogen-bond donors (Lipinski definition) is 1. The van der Waals surface area contributed by atoms with Crippen LogP contribution < -0.4 is 0 Å². The maximum Gasteiger partial charge on any atom is 0.165 e. The first-order valence-corrected chi connectivity index (χ1v) is 9.48. The molecule has 1 N–H and O–H groups in total. The van der Waals surface area contributed by atoms with Gasteiger partial charge in [-0.05, 0) is 73.0 Å². The molecule has 0 aromatic rings. The molecule has 2 heteroatoms. The topological polar surface area (TPSA) is 37.3 Å². The van der Waals surface area contributed by atoms with Crippen molar-refractivity contribution < 1.29 is 9.90 Å². The van der Waals surface area contributed by atoms with E-state index in [0.717, 1.165) is 37.7 Å². The van der Waals surface area contributed by atoms with Crippen LogP contribution in [-0.4, -0.2) is 17.0 Å². The molecule has 0 bridgehead atoms. The first-order chi connectivity index (χ1) is 11.2. The highest BCUT2D eigenvalue weighted by Gasteiger charge is 2.51. The summed E-state index contributed by atoms with van der Waals surface area (Å²) in [5, 5.41) is 10.2. The molecule has 2 fully saturated rings. The lowest BCUT2D eigenvalue weighted by atomic mass is 9.54. The number of allylic oxidation sites excluding steroid dienone is 6. The highest BCUT2D eigenvalue weighted by molar-refractivity contribution is 6.01. The van der Waals surface area contributed by atoms with Crippen LogP contribution in [0.4, 0.5) is 0 Å². The van der Waals surface area contributed by atoms with Gasteiger partial charge in [-0.15, -0.1) is 0 Å². The Balaban J connectivity index is 1.95. The van der Waals surface area contributed by atoms with Crippen LogP contribution in [0.2, 0.25) is 0 Å². The Morgan fingerprint density at radius 3 is 2.62 bits per heavy atom. The van der Waals surface area contributed by atoms with Crippen molar-refractivity contribution in [3.05, 3.63) is 34.9 Å². The minimum absolute atomic E-state index is 0.0971. The Labute approximate surface area is 146 Å². The van der Waals surface area contributed by atoms with Gasteiger partial charge in [0.15, 0.2) is 5.78 Å². The minimum atomic E-state index is -0.286. The van der Waals surface area contributed by atoms with Crippen molar-refractivity contribution in [2.24, 2.45) is 22.7 Å². The van der Waals surface area contributed by atoms with E-state index in [2.05, 4.69) is 52.8 Å². The molecular formula is C22H32O2. The molecule has 0 spiro atoms. The van der Waals surface area contributed by atoms with E-state index in [4.69, 9.17) is 0 Å². The summed E-state index contributed by atoms with van der Waals surface area (Å²) < 4.78 is 0. The number of carbonyl (C=O) groups is 1. The summed E-state index contributed by atoms with van der Waals surface area (Å²) in [5.41, 5.74) is 3.42. The molecule has 2 nitrogen and oxygen atoms in total. The van der Waals surface area contributed by atoms with Crippen LogP contribution in [0.15, 0.2) is 34.9 Å². The number of Topliss-reactive ketones (excluding diaryl/α,β-unsaturated/α-hetero) is 1. The van der Waals surface area contributed by atoms with Crippen molar-refractivity contribution in [1.82, 2.24) is 0 Å². The minimum Gasteiger partial charge on any atom is -0.393 e. The molecule has 4 atom stereocenters. The summed E-state index contributed by atoms with van der Waals surface area (Å²) in [6.45, 7) is 11.0. The van der Waals surface area contributed by atoms with Crippen molar-refractivity contribution in [2.75, 3.05) is 0 Å². The molecular weight excluding hydrogens is 296 g/mol. The van der Waals surface area contributed by atoms with E-state index in [-0.39, 0.29) is 22.9 Å². The van der Waals surface area contributed by atoms with E-state index in [1.54, 1.807) is 0 Å². The van der Waals surface area contributed by atoms with Gasteiger partial charge in [0.1, 0.15) is 0 Å². The Bertz CT molecular complexity index is 634. The molecule has 3 aliphatic rings. The largest absolute Gasteiger partial charge is 0.393 e. The van der Waals surface area contributed by atoms with Gasteiger partial charge in [0.05, 0.1) is 6.10 Å². The predicted molar refractivity (Wildman–Crippen MR) is 98.6 cm³/mol. The first kappa shape index (κ1) is 17.7. The Hall–Kier alpha value is -1.15. The lowest BCUT2D eigenvalue weighted by Crippen LogP contribution is -2.50. The number of fused-ring (bicyclic) bond motifs is 1. The van der Waals surface area contributed by atoms with Crippen molar-refractivity contribution in [1.29, 1.82) is 0 Å². The fourth-order valence-electron chi connectivity index (χ4n) is 5.28. The fraction of sp³-hybridized carbons (Fsp3) is 0.682. The molecule has 3 aliphatic carbocycles. The summed E-state index contributed by atoms with van der Waals surface area (Å²) in [6.07, 6.45) is 10.9. The normalized spacial score (nSPS) is 40.8. The summed E-state index contributed by atoms with van der Waals surface area (Å²) >= 11 is 0. The van der Waals surface area contributed by atoms with Crippen molar-refractivity contribution in [3.63, 3.8) is 0 Å². The second-order valence-electron chi connectivity index (χ2n) is 9.11. The van der Waals surface area contributed by atoms with Gasteiger partial charge in [-0.2, -0.15) is 0 Å². The smallest absolute Gasteiger partial charge is 0.165 e. The van der Waals surface area contributed by atoms with Gasteiger partial charge in [0.25, 0.3) is 0 Å². The number of aliphatic hydroxyl groups excluding tert-OH is 1. The number of carbonyl (C=O) groups excluding carboxylic acids is 1. The molecule has 24 heavy (non-hydrogen) atoms. The quantitative estimate of drug-likeness (QED) is 0.688. The average molecular weight is 328 g/mol. The highest BCUT2D eigenvalue weighted by atomic mass is 16.3. The van der Waals surface area contributed by atoms with Crippen LogP contribution in [-0.2, 0) is 4.79 Å². The van der Waals surface area contributed by atoms with Crippen LogP contribution in [0.25, 0.3) is 0 Å². The third-order valence-electron chi connectivity index (χ3n) is 7.02. The van der Waals surface area contributed by atoms with E-state index in [9.17, 15) is 9.90 Å². The average Bonchev–Trinajstić information content (AvgIpc) is 2.51. The number of ketones is 1. The van der Waals surface area contributed by atoms with Gasteiger partial charge in [-0.3, -0.25) is 4.79 Å². The molecule has 0 saturated heterocycles. The van der Waals surface area contributed by atoms with Crippen molar-refractivity contribution in [3.8, 4) is 0 Å². The highest BCUT2D eigenvalue weighted by Crippen LogP contribution is 2.52. The number of aliphatic hydroxyl groups is 1. The summed E-state index contributed by atoms with van der Waals surface area (Å²) in [6, 6.07) is 0. The van der Waals surface area contributed by atoms with E-state index in [1.165, 1.54) is 11.1 Å². The molecule has 2 unspecified atom stereocenters. The van der Waals surface area contributed by atoms with Gasteiger partial charge < -0.3 is 5.11 Å². The molecule has 132 valence electrons. The first-order valence-electron chi connectivity index (χ1n) is 9.48. The molecule has 0 radical (unpaired) electrons. The molecule has 0 aliphatic heterocycles. The van der Waals surface area contributed by atoms with Gasteiger partial charge >= 0.3 is 0 Å². The maximum absolute atomic E-state index is 13.3. The molecule has 2 saturated carbocycles. The Morgan fingerprint density at radius 1 is 1.25 bits per heavy atom. The van der Waals surface area contributed by atoms with Crippen LogP contribution in [0.3, 0.4) is 0 Å². The molecule has 0 aromatic carbocycles. The molecule has 0 amide bonds. The van der Waals surface area contributed by atoms with Gasteiger partial charge in [-0.25, -0.2) is 0 Å². The van der Waals surface area contributed by atoms with Crippen LogP contribution in [0.5, 0.6) is 0 Å². The zero-order valence-electron chi connectivity index (χ0n) is 15.9. The molecule has 0 aromatic heterocycles. The third-order valence-corrected chi connectivity index (χ3v) is 7.02. The summed E-state index contributed by atoms with van der Waals surface area (Å²) in [7, 11) is 0. The Morgan fingerprint density at radius 2 is 1.96 bits per heavy atom. The Kier molecular flexibility index (Phi) is 4.40. The van der Waals surface area contributed by atoms with Crippen molar-refractivity contribution >= 4 is 5.78 Å². The predicted octanol–water partition coefficient (Wildman–Crippen LogP) is 4.99. The van der Waals surface area contributed by atoms with E-state index >= 15 is 0 Å². The van der Waals surface area contributed by atoms with Gasteiger partial charge in [0.2, 0.25) is 0 Å². The van der Waals surface area contributed by atoms with Crippen LogP contribution in [0, 0.1) is 22.7 Å². The van der Waals surface area contributed by atoms with E-state index < -0.39 is 0 Å². The maximum atomic E-state index is 13.3. The summed E-state index contributed by atoms with van der Waals surface area (Å²) in [4.78, 5) is 13.3. The van der Waals surface area contributed by atoms with Crippen LogP contribution >= 0.6 is 0 Å². The zero-order chi connectivity index (χ0) is 17.7. The monoisotopic (exact) mass is 328 g/mol.